The van der Waals surface area contributed by atoms with E-state index in [-0.39, 0.29) is 12.0 Å². The molecule has 0 aromatic rings. The van der Waals surface area contributed by atoms with Crippen molar-refractivity contribution in [3.05, 3.63) is 11.6 Å². The summed E-state index contributed by atoms with van der Waals surface area (Å²) >= 11 is 0. The van der Waals surface area contributed by atoms with Crippen molar-refractivity contribution < 1.29 is 5.11 Å². The highest BCUT2D eigenvalue weighted by atomic mass is 16.3. The molecule has 0 amide bonds. The Labute approximate surface area is 75.5 Å². The first kappa shape index (κ1) is 9.79. The van der Waals surface area contributed by atoms with Crippen molar-refractivity contribution in [2.45, 2.75) is 46.0 Å². The third-order valence-corrected chi connectivity index (χ3v) is 2.81. The summed E-state index contributed by atoms with van der Waals surface area (Å²) in [6, 6.07) is 0. The van der Waals surface area contributed by atoms with E-state index in [1.54, 1.807) is 0 Å². The normalized spacial score (nSPS) is 20.1. The number of aliphatic hydroxyl groups excluding tert-OH is 1. The fraction of sp³-hybridized carbons (Fsp3) is 0.818. The van der Waals surface area contributed by atoms with Crippen LogP contribution in [0.3, 0.4) is 0 Å². The van der Waals surface area contributed by atoms with Crippen molar-refractivity contribution in [2.24, 2.45) is 5.41 Å². The minimum absolute atomic E-state index is 0.0182. The van der Waals surface area contributed by atoms with Gasteiger partial charge in [-0.25, -0.2) is 0 Å². The molecule has 0 unspecified atom stereocenters. The van der Waals surface area contributed by atoms with Crippen LogP contribution in [0.15, 0.2) is 11.6 Å². The average Bonchev–Trinajstić information content (AvgIpc) is 2.32. The van der Waals surface area contributed by atoms with Crippen LogP contribution in [0.5, 0.6) is 0 Å². The van der Waals surface area contributed by atoms with Crippen molar-refractivity contribution in [2.75, 3.05) is 6.61 Å². The van der Waals surface area contributed by atoms with E-state index in [9.17, 15) is 5.11 Å². The standard InChI is InChI=1S/C11H20O/c1-11(2,9-12)10-7-5-3-4-6-8-10/h7,12H,3-6,8-9H2,1-2H3. The van der Waals surface area contributed by atoms with Gasteiger partial charge in [0.15, 0.2) is 0 Å². The molecule has 0 saturated carbocycles. The molecule has 0 aromatic carbocycles. The summed E-state index contributed by atoms with van der Waals surface area (Å²) in [5, 5.41) is 9.20. The van der Waals surface area contributed by atoms with E-state index < -0.39 is 0 Å². The van der Waals surface area contributed by atoms with Gasteiger partial charge in [0, 0.05) is 5.41 Å². The van der Waals surface area contributed by atoms with E-state index in [0.717, 1.165) is 0 Å². The van der Waals surface area contributed by atoms with Crippen LogP contribution in [-0.2, 0) is 0 Å². The SMILES string of the molecule is CC(C)(CO)C1=CCCCCC1. The monoisotopic (exact) mass is 168 g/mol. The summed E-state index contributed by atoms with van der Waals surface area (Å²) in [7, 11) is 0. The van der Waals surface area contributed by atoms with E-state index in [1.807, 2.05) is 0 Å². The average molecular weight is 168 g/mol. The van der Waals surface area contributed by atoms with Gasteiger partial charge < -0.3 is 5.11 Å². The highest BCUT2D eigenvalue weighted by Crippen LogP contribution is 2.32. The zero-order valence-electron chi connectivity index (χ0n) is 8.27. The van der Waals surface area contributed by atoms with Crippen molar-refractivity contribution >= 4 is 0 Å². The largest absolute Gasteiger partial charge is 0.395 e. The maximum Gasteiger partial charge on any atom is 0.0519 e. The highest BCUT2D eigenvalue weighted by molar-refractivity contribution is 5.13. The van der Waals surface area contributed by atoms with Crippen LogP contribution in [0, 0.1) is 5.41 Å². The maximum absolute atomic E-state index is 9.20. The fourth-order valence-electron chi connectivity index (χ4n) is 1.73. The van der Waals surface area contributed by atoms with Gasteiger partial charge in [-0.3, -0.25) is 0 Å². The summed E-state index contributed by atoms with van der Waals surface area (Å²) < 4.78 is 0. The Balaban J connectivity index is 2.64. The zero-order chi connectivity index (χ0) is 9.03. The molecule has 0 radical (unpaired) electrons. The lowest BCUT2D eigenvalue weighted by Gasteiger charge is -2.25. The second kappa shape index (κ2) is 4.08. The predicted octanol–water partition coefficient (Wildman–Crippen LogP) is 2.90. The van der Waals surface area contributed by atoms with Gasteiger partial charge in [-0.15, -0.1) is 0 Å². The molecule has 0 aliphatic heterocycles. The maximum atomic E-state index is 9.20. The topological polar surface area (TPSA) is 20.2 Å². The number of hydrogen-bond donors (Lipinski definition) is 1. The molecule has 1 aliphatic carbocycles. The fourth-order valence-corrected chi connectivity index (χ4v) is 1.73. The van der Waals surface area contributed by atoms with Crippen LogP contribution in [0.25, 0.3) is 0 Å². The molecule has 1 N–H and O–H groups in total. The summed E-state index contributed by atoms with van der Waals surface area (Å²) in [5.41, 5.74) is 1.48. The number of hydrogen-bond acceptors (Lipinski definition) is 1. The van der Waals surface area contributed by atoms with Crippen molar-refractivity contribution in [1.82, 2.24) is 0 Å². The number of allylic oxidation sites excluding steroid dienone is 1. The summed E-state index contributed by atoms with van der Waals surface area (Å²) in [4.78, 5) is 0. The molecule has 12 heavy (non-hydrogen) atoms. The Hall–Kier alpha value is -0.300. The summed E-state index contributed by atoms with van der Waals surface area (Å²) in [5.74, 6) is 0. The Morgan fingerprint density at radius 3 is 2.75 bits per heavy atom. The zero-order valence-corrected chi connectivity index (χ0v) is 8.27. The lowest BCUT2D eigenvalue weighted by Crippen LogP contribution is -2.19. The van der Waals surface area contributed by atoms with Gasteiger partial charge in [-0.05, 0) is 25.7 Å². The molecule has 0 spiro atoms. The molecule has 1 rings (SSSR count). The molecule has 1 aliphatic rings. The second-order valence-corrected chi connectivity index (χ2v) is 4.37. The second-order valence-electron chi connectivity index (χ2n) is 4.37. The van der Waals surface area contributed by atoms with Gasteiger partial charge in [0.25, 0.3) is 0 Å². The first-order valence-electron chi connectivity index (χ1n) is 4.97. The van der Waals surface area contributed by atoms with Crippen molar-refractivity contribution in [3.8, 4) is 0 Å². The van der Waals surface area contributed by atoms with Gasteiger partial charge >= 0.3 is 0 Å². The quantitative estimate of drug-likeness (QED) is 0.629. The van der Waals surface area contributed by atoms with Crippen LogP contribution in [0.4, 0.5) is 0 Å². The van der Waals surface area contributed by atoms with Gasteiger partial charge in [0.2, 0.25) is 0 Å². The van der Waals surface area contributed by atoms with Gasteiger partial charge in [-0.2, -0.15) is 0 Å². The van der Waals surface area contributed by atoms with E-state index in [4.69, 9.17) is 0 Å². The Bertz CT molecular complexity index is 168. The first-order valence-corrected chi connectivity index (χ1v) is 4.97. The minimum Gasteiger partial charge on any atom is -0.395 e. The first-order chi connectivity index (χ1) is 5.67. The van der Waals surface area contributed by atoms with Crippen LogP contribution in [0.2, 0.25) is 0 Å². The van der Waals surface area contributed by atoms with E-state index >= 15 is 0 Å². The molecule has 1 heteroatoms. The minimum atomic E-state index is 0.0182. The molecule has 0 fully saturated rings. The molecule has 0 heterocycles. The Kier molecular flexibility index (Phi) is 3.33. The molecule has 1 nitrogen and oxygen atoms in total. The molecule has 0 aromatic heterocycles. The number of rotatable bonds is 2. The molecular weight excluding hydrogens is 148 g/mol. The van der Waals surface area contributed by atoms with Crippen molar-refractivity contribution in [3.63, 3.8) is 0 Å². The molecule has 0 atom stereocenters. The van der Waals surface area contributed by atoms with Crippen LogP contribution >= 0.6 is 0 Å². The molecule has 0 saturated heterocycles. The lowest BCUT2D eigenvalue weighted by atomic mass is 9.82. The van der Waals surface area contributed by atoms with Gasteiger partial charge in [-0.1, -0.05) is 31.9 Å². The summed E-state index contributed by atoms with van der Waals surface area (Å²) in [6.45, 7) is 4.53. The lowest BCUT2D eigenvalue weighted by molar-refractivity contribution is 0.186. The van der Waals surface area contributed by atoms with Gasteiger partial charge in [0.1, 0.15) is 0 Å². The molecular formula is C11H20O. The van der Waals surface area contributed by atoms with Crippen LogP contribution in [0.1, 0.15) is 46.0 Å². The smallest absolute Gasteiger partial charge is 0.0519 e. The Morgan fingerprint density at radius 2 is 2.08 bits per heavy atom. The van der Waals surface area contributed by atoms with Gasteiger partial charge in [0.05, 0.1) is 6.61 Å². The van der Waals surface area contributed by atoms with Crippen molar-refractivity contribution in [1.29, 1.82) is 0 Å². The third-order valence-electron chi connectivity index (χ3n) is 2.81. The van der Waals surface area contributed by atoms with E-state index in [2.05, 4.69) is 19.9 Å². The third kappa shape index (κ3) is 2.34. The van der Waals surface area contributed by atoms with Crippen LogP contribution < -0.4 is 0 Å². The number of aliphatic hydroxyl groups is 1. The Morgan fingerprint density at radius 1 is 1.33 bits per heavy atom. The van der Waals surface area contributed by atoms with E-state index in [1.165, 1.54) is 37.7 Å². The summed E-state index contributed by atoms with van der Waals surface area (Å²) in [6.07, 6.45) is 8.71. The highest BCUT2D eigenvalue weighted by Gasteiger charge is 2.22. The molecule has 70 valence electrons. The predicted molar refractivity (Wildman–Crippen MR) is 52.0 cm³/mol. The molecule has 0 bridgehead atoms. The van der Waals surface area contributed by atoms with Crippen LogP contribution in [-0.4, -0.2) is 11.7 Å². The van der Waals surface area contributed by atoms with E-state index in [0.29, 0.717) is 0 Å².